The Morgan fingerprint density at radius 3 is 1.93 bits per heavy atom. The minimum Gasteiger partial charge on any atom is -0.392 e. The molecule has 84 valence electrons. The smallest absolute Gasteiger partial charge is 0.0628 e. The average molecular weight is 206 g/mol. The van der Waals surface area contributed by atoms with Gasteiger partial charge in [-0.3, -0.25) is 0 Å². The van der Waals surface area contributed by atoms with E-state index in [1.165, 1.54) is 16.7 Å². The normalized spacial score (nSPS) is 14.0. The Balaban J connectivity index is 2.81. The molecular formula is C14H22O. The Hall–Kier alpha value is -0.820. The summed E-state index contributed by atoms with van der Waals surface area (Å²) in [5.74, 6) is 0. The molecule has 0 saturated heterocycles. The van der Waals surface area contributed by atoms with Gasteiger partial charge in [0, 0.05) is 0 Å². The highest BCUT2D eigenvalue weighted by atomic mass is 16.3. The second kappa shape index (κ2) is 4.36. The molecule has 1 N–H and O–H groups in total. The Morgan fingerprint density at radius 1 is 1.07 bits per heavy atom. The predicted molar refractivity (Wildman–Crippen MR) is 65.1 cm³/mol. The van der Waals surface area contributed by atoms with Gasteiger partial charge in [0.15, 0.2) is 0 Å². The van der Waals surface area contributed by atoms with Crippen molar-refractivity contribution in [3.8, 4) is 0 Å². The van der Waals surface area contributed by atoms with E-state index in [-0.39, 0.29) is 11.5 Å². The maximum absolute atomic E-state index is 10.0. The van der Waals surface area contributed by atoms with Crippen LogP contribution in [0.15, 0.2) is 18.2 Å². The molecule has 0 aromatic heterocycles. The predicted octanol–water partition coefficient (Wildman–Crippen LogP) is 3.25. The topological polar surface area (TPSA) is 20.2 Å². The zero-order valence-corrected chi connectivity index (χ0v) is 10.5. The van der Waals surface area contributed by atoms with E-state index in [1.54, 1.807) is 0 Å². The molecule has 0 spiro atoms. The van der Waals surface area contributed by atoms with E-state index in [2.05, 4.69) is 52.8 Å². The van der Waals surface area contributed by atoms with Gasteiger partial charge in [-0.15, -0.1) is 0 Å². The summed E-state index contributed by atoms with van der Waals surface area (Å²) in [5.41, 5.74) is 3.73. The first kappa shape index (κ1) is 12.3. The standard InChI is InChI=1S/C14H22O/c1-10-6-11(2)8-12(7-10)9-13(15)14(3,4)5/h6-8,13,15H,9H2,1-5H3. The van der Waals surface area contributed by atoms with Crippen molar-refractivity contribution >= 4 is 0 Å². The summed E-state index contributed by atoms with van der Waals surface area (Å²) < 4.78 is 0. The third-order valence-electron chi connectivity index (χ3n) is 2.71. The molecule has 1 aromatic rings. The highest BCUT2D eigenvalue weighted by molar-refractivity contribution is 5.29. The third kappa shape index (κ3) is 3.67. The van der Waals surface area contributed by atoms with Crippen molar-refractivity contribution in [2.24, 2.45) is 5.41 Å². The Bertz CT molecular complexity index is 313. The first-order valence-electron chi connectivity index (χ1n) is 5.54. The zero-order valence-electron chi connectivity index (χ0n) is 10.5. The van der Waals surface area contributed by atoms with Crippen molar-refractivity contribution in [3.63, 3.8) is 0 Å². The zero-order chi connectivity index (χ0) is 11.6. The monoisotopic (exact) mass is 206 g/mol. The van der Waals surface area contributed by atoms with Gasteiger partial charge in [0.2, 0.25) is 0 Å². The summed E-state index contributed by atoms with van der Waals surface area (Å²) in [5, 5.41) is 10.0. The fourth-order valence-corrected chi connectivity index (χ4v) is 1.72. The lowest BCUT2D eigenvalue weighted by molar-refractivity contribution is 0.0636. The van der Waals surface area contributed by atoms with Crippen molar-refractivity contribution in [2.45, 2.75) is 47.1 Å². The van der Waals surface area contributed by atoms with Crippen LogP contribution in [0.5, 0.6) is 0 Å². The van der Waals surface area contributed by atoms with Crippen molar-refractivity contribution in [1.82, 2.24) is 0 Å². The molecule has 1 atom stereocenters. The molecule has 1 heteroatoms. The first-order valence-corrected chi connectivity index (χ1v) is 5.54. The van der Waals surface area contributed by atoms with Gasteiger partial charge in [-0.25, -0.2) is 0 Å². The molecule has 1 unspecified atom stereocenters. The van der Waals surface area contributed by atoms with E-state index in [4.69, 9.17) is 0 Å². The van der Waals surface area contributed by atoms with Crippen molar-refractivity contribution < 1.29 is 5.11 Å². The summed E-state index contributed by atoms with van der Waals surface area (Å²) in [6, 6.07) is 6.47. The summed E-state index contributed by atoms with van der Waals surface area (Å²) >= 11 is 0. The fraction of sp³-hybridized carbons (Fsp3) is 0.571. The van der Waals surface area contributed by atoms with Gasteiger partial charge in [-0.05, 0) is 31.2 Å². The van der Waals surface area contributed by atoms with Crippen molar-refractivity contribution in [3.05, 3.63) is 34.9 Å². The quantitative estimate of drug-likeness (QED) is 0.787. The average Bonchev–Trinajstić information content (AvgIpc) is 1.99. The van der Waals surface area contributed by atoms with Crippen LogP contribution in [0.1, 0.15) is 37.5 Å². The van der Waals surface area contributed by atoms with Crippen LogP contribution < -0.4 is 0 Å². The number of benzene rings is 1. The van der Waals surface area contributed by atoms with Gasteiger partial charge in [0.05, 0.1) is 6.10 Å². The van der Waals surface area contributed by atoms with Crippen LogP contribution in [0.3, 0.4) is 0 Å². The van der Waals surface area contributed by atoms with E-state index in [1.807, 2.05) is 0 Å². The molecule has 1 rings (SSSR count). The van der Waals surface area contributed by atoms with Crippen LogP contribution in [-0.2, 0) is 6.42 Å². The number of hydrogen-bond donors (Lipinski definition) is 1. The molecule has 0 radical (unpaired) electrons. The van der Waals surface area contributed by atoms with Gasteiger partial charge < -0.3 is 5.11 Å². The molecule has 1 nitrogen and oxygen atoms in total. The SMILES string of the molecule is Cc1cc(C)cc(CC(O)C(C)(C)C)c1. The van der Waals surface area contributed by atoms with E-state index in [0.29, 0.717) is 0 Å². The van der Waals surface area contributed by atoms with Crippen molar-refractivity contribution in [2.75, 3.05) is 0 Å². The van der Waals surface area contributed by atoms with Crippen LogP contribution >= 0.6 is 0 Å². The Labute approximate surface area is 93.1 Å². The molecule has 0 amide bonds. The maximum atomic E-state index is 10.0. The minimum absolute atomic E-state index is 0.0440. The maximum Gasteiger partial charge on any atom is 0.0628 e. The molecule has 0 saturated carbocycles. The van der Waals surface area contributed by atoms with Crippen LogP contribution in [0.2, 0.25) is 0 Å². The number of aliphatic hydroxyl groups is 1. The minimum atomic E-state index is -0.279. The van der Waals surface area contributed by atoms with Crippen LogP contribution in [0, 0.1) is 19.3 Å². The van der Waals surface area contributed by atoms with Crippen LogP contribution in [-0.4, -0.2) is 11.2 Å². The molecule has 0 bridgehead atoms. The molecule has 0 aliphatic rings. The van der Waals surface area contributed by atoms with Gasteiger partial charge in [0.1, 0.15) is 0 Å². The lowest BCUT2D eigenvalue weighted by atomic mass is 9.85. The lowest BCUT2D eigenvalue weighted by Gasteiger charge is -2.26. The van der Waals surface area contributed by atoms with E-state index in [9.17, 15) is 5.11 Å². The highest BCUT2D eigenvalue weighted by Crippen LogP contribution is 2.23. The Kier molecular flexibility index (Phi) is 3.56. The first-order chi connectivity index (χ1) is 6.79. The second-order valence-corrected chi connectivity index (χ2v) is 5.58. The van der Waals surface area contributed by atoms with Crippen molar-refractivity contribution in [1.29, 1.82) is 0 Å². The summed E-state index contributed by atoms with van der Waals surface area (Å²) in [4.78, 5) is 0. The van der Waals surface area contributed by atoms with E-state index >= 15 is 0 Å². The Morgan fingerprint density at radius 2 is 1.53 bits per heavy atom. The van der Waals surface area contributed by atoms with Gasteiger partial charge >= 0.3 is 0 Å². The summed E-state index contributed by atoms with van der Waals surface area (Å²) in [6.45, 7) is 10.4. The molecule has 1 aromatic carbocycles. The summed E-state index contributed by atoms with van der Waals surface area (Å²) in [7, 11) is 0. The van der Waals surface area contributed by atoms with Gasteiger partial charge in [-0.1, -0.05) is 50.1 Å². The number of rotatable bonds is 2. The van der Waals surface area contributed by atoms with Crippen LogP contribution in [0.4, 0.5) is 0 Å². The number of hydrogen-bond acceptors (Lipinski definition) is 1. The molecule has 0 aliphatic heterocycles. The molecule has 15 heavy (non-hydrogen) atoms. The van der Waals surface area contributed by atoms with Gasteiger partial charge in [-0.2, -0.15) is 0 Å². The second-order valence-electron chi connectivity index (χ2n) is 5.58. The van der Waals surface area contributed by atoms with E-state index < -0.39 is 0 Å². The fourth-order valence-electron chi connectivity index (χ4n) is 1.72. The largest absolute Gasteiger partial charge is 0.392 e. The number of aliphatic hydroxyl groups excluding tert-OH is 1. The molecular weight excluding hydrogens is 184 g/mol. The van der Waals surface area contributed by atoms with Crippen LogP contribution in [0.25, 0.3) is 0 Å². The molecule has 0 fully saturated rings. The lowest BCUT2D eigenvalue weighted by Crippen LogP contribution is -2.28. The highest BCUT2D eigenvalue weighted by Gasteiger charge is 2.22. The third-order valence-corrected chi connectivity index (χ3v) is 2.71. The van der Waals surface area contributed by atoms with Gasteiger partial charge in [0.25, 0.3) is 0 Å². The molecule has 0 aliphatic carbocycles. The summed E-state index contributed by atoms with van der Waals surface area (Å²) in [6.07, 6.45) is 0.463. The number of aryl methyl sites for hydroxylation is 2. The van der Waals surface area contributed by atoms with E-state index in [0.717, 1.165) is 6.42 Å². The molecule has 0 heterocycles.